The van der Waals surface area contributed by atoms with E-state index in [4.69, 9.17) is 0 Å². The van der Waals surface area contributed by atoms with Crippen LogP contribution in [-0.2, 0) is 14.6 Å². The van der Waals surface area contributed by atoms with Gasteiger partial charge in [-0.2, -0.15) is 0 Å². The number of allylic oxidation sites excluding steroid dienone is 1. The van der Waals surface area contributed by atoms with Crippen molar-refractivity contribution < 1.29 is 13.2 Å². The largest absolute Gasteiger partial charge is 0.298 e. The number of aromatic nitrogens is 1. The maximum atomic E-state index is 13.0. The zero-order chi connectivity index (χ0) is 20.4. The van der Waals surface area contributed by atoms with Crippen LogP contribution in [0, 0.1) is 5.92 Å². The molecule has 5 nitrogen and oxygen atoms in total. The lowest BCUT2D eigenvalue weighted by Crippen LogP contribution is -2.15. The zero-order valence-electron chi connectivity index (χ0n) is 16.1. The fourth-order valence-corrected chi connectivity index (χ4v) is 6.01. The average Bonchev–Trinajstić information content (AvgIpc) is 3.29. The minimum Gasteiger partial charge on any atom is -0.298 e. The van der Waals surface area contributed by atoms with E-state index < -0.39 is 9.84 Å². The third kappa shape index (κ3) is 4.51. The SMILES string of the molecule is C=Cc1csc(NC(=O)/C(=C/C2CCCC2)c2ccc(S(=O)(=O)C3CC3)cc2)n1. The number of amides is 1. The predicted molar refractivity (Wildman–Crippen MR) is 117 cm³/mol. The van der Waals surface area contributed by atoms with Crippen molar-refractivity contribution in [1.29, 1.82) is 0 Å². The summed E-state index contributed by atoms with van der Waals surface area (Å²) in [6.07, 6.45) is 9.63. The van der Waals surface area contributed by atoms with E-state index >= 15 is 0 Å². The highest BCUT2D eigenvalue weighted by molar-refractivity contribution is 7.92. The monoisotopic (exact) mass is 428 g/mol. The Morgan fingerprint density at radius 3 is 2.41 bits per heavy atom. The lowest BCUT2D eigenvalue weighted by Gasteiger charge is -2.12. The summed E-state index contributed by atoms with van der Waals surface area (Å²) >= 11 is 1.35. The Morgan fingerprint density at radius 1 is 1.14 bits per heavy atom. The number of hydrogen-bond acceptors (Lipinski definition) is 5. The van der Waals surface area contributed by atoms with E-state index in [1.165, 1.54) is 24.2 Å². The molecule has 7 heteroatoms. The van der Waals surface area contributed by atoms with Crippen LogP contribution in [0.5, 0.6) is 0 Å². The molecule has 152 valence electrons. The molecule has 0 atom stereocenters. The van der Waals surface area contributed by atoms with E-state index in [0.29, 0.717) is 21.5 Å². The van der Waals surface area contributed by atoms with Crippen LogP contribution >= 0.6 is 11.3 Å². The van der Waals surface area contributed by atoms with Crippen molar-refractivity contribution in [1.82, 2.24) is 4.98 Å². The molecule has 2 aliphatic rings. The summed E-state index contributed by atoms with van der Waals surface area (Å²) < 4.78 is 24.9. The molecule has 0 saturated heterocycles. The Balaban J connectivity index is 1.61. The highest BCUT2D eigenvalue weighted by Crippen LogP contribution is 2.34. The summed E-state index contributed by atoms with van der Waals surface area (Å²) in [5, 5.41) is 4.99. The van der Waals surface area contributed by atoms with E-state index in [9.17, 15) is 13.2 Å². The minimum atomic E-state index is -3.24. The van der Waals surface area contributed by atoms with Crippen LogP contribution in [0.3, 0.4) is 0 Å². The fraction of sp³-hybridized carbons (Fsp3) is 0.364. The predicted octanol–water partition coefficient (Wildman–Crippen LogP) is 4.93. The maximum absolute atomic E-state index is 13.0. The summed E-state index contributed by atoms with van der Waals surface area (Å²) in [5.74, 6) is 0.144. The number of carbonyl (C=O) groups excluding carboxylic acids is 1. The molecule has 29 heavy (non-hydrogen) atoms. The molecule has 4 rings (SSSR count). The van der Waals surface area contributed by atoms with Crippen molar-refractivity contribution in [3.8, 4) is 0 Å². The van der Waals surface area contributed by atoms with Crippen molar-refractivity contribution in [2.75, 3.05) is 5.32 Å². The highest BCUT2D eigenvalue weighted by atomic mass is 32.2. The van der Waals surface area contributed by atoms with E-state index in [0.717, 1.165) is 36.9 Å². The molecule has 2 aromatic rings. The molecule has 1 amide bonds. The topological polar surface area (TPSA) is 76.1 Å². The fourth-order valence-electron chi connectivity index (χ4n) is 3.66. The van der Waals surface area contributed by atoms with Crippen molar-refractivity contribution in [2.45, 2.75) is 48.7 Å². The third-order valence-electron chi connectivity index (χ3n) is 5.46. The van der Waals surface area contributed by atoms with Crippen molar-refractivity contribution >= 4 is 43.9 Å². The quantitative estimate of drug-likeness (QED) is 0.634. The van der Waals surface area contributed by atoms with Gasteiger partial charge in [0.2, 0.25) is 0 Å². The average molecular weight is 429 g/mol. The number of hydrogen-bond donors (Lipinski definition) is 1. The van der Waals surface area contributed by atoms with Crippen LogP contribution in [-0.4, -0.2) is 24.6 Å². The summed E-state index contributed by atoms with van der Waals surface area (Å²) in [6.45, 7) is 3.69. The Hall–Kier alpha value is -2.25. The summed E-state index contributed by atoms with van der Waals surface area (Å²) in [7, 11) is -3.24. The van der Waals surface area contributed by atoms with Gasteiger partial charge in [-0.05, 0) is 55.4 Å². The number of nitrogens with one attached hydrogen (secondary N) is 1. The van der Waals surface area contributed by atoms with Gasteiger partial charge in [0.25, 0.3) is 5.91 Å². The first-order valence-corrected chi connectivity index (χ1v) is 12.4. The third-order valence-corrected chi connectivity index (χ3v) is 8.51. The molecule has 2 aliphatic carbocycles. The maximum Gasteiger partial charge on any atom is 0.257 e. The van der Waals surface area contributed by atoms with Gasteiger partial charge in [0.1, 0.15) is 0 Å². The molecule has 0 bridgehead atoms. The second kappa shape index (κ2) is 8.24. The summed E-state index contributed by atoms with van der Waals surface area (Å²) in [4.78, 5) is 17.7. The summed E-state index contributed by atoms with van der Waals surface area (Å²) in [6, 6.07) is 6.73. The van der Waals surface area contributed by atoms with Gasteiger partial charge in [-0.1, -0.05) is 37.6 Å². The van der Waals surface area contributed by atoms with Gasteiger partial charge in [0.05, 0.1) is 15.8 Å². The lowest BCUT2D eigenvalue weighted by molar-refractivity contribution is -0.111. The smallest absolute Gasteiger partial charge is 0.257 e. The number of carbonyl (C=O) groups is 1. The molecule has 1 aromatic heterocycles. The normalized spacial score (nSPS) is 18.0. The van der Waals surface area contributed by atoms with E-state index in [1.807, 2.05) is 11.5 Å². The number of nitrogens with zero attached hydrogens (tertiary/aromatic N) is 1. The van der Waals surface area contributed by atoms with Crippen molar-refractivity contribution in [2.24, 2.45) is 5.92 Å². The molecule has 2 fully saturated rings. The lowest BCUT2D eigenvalue weighted by atomic mass is 9.98. The highest BCUT2D eigenvalue weighted by Gasteiger charge is 2.36. The molecule has 1 aromatic carbocycles. The van der Waals surface area contributed by atoms with E-state index in [2.05, 4.69) is 16.9 Å². The Morgan fingerprint density at radius 2 is 1.83 bits per heavy atom. The minimum absolute atomic E-state index is 0.223. The van der Waals surface area contributed by atoms with Crippen LogP contribution in [0.25, 0.3) is 11.6 Å². The van der Waals surface area contributed by atoms with Crippen molar-refractivity contribution in [3.05, 3.63) is 53.6 Å². The van der Waals surface area contributed by atoms with Crippen molar-refractivity contribution in [3.63, 3.8) is 0 Å². The van der Waals surface area contributed by atoms with Crippen LogP contribution in [0.15, 0.2) is 47.2 Å². The molecular weight excluding hydrogens is 404 g/mol. The van der Waals surface area contributed by atoms with E-state index in [1.54, 1.807) is 30.3 Å². The second-order valence-corrected chi connectivity index (χ2v) is 10.7. The van der Waals surface area contributed by atoms with Crippen LogP contribution in [0.2, 0.25) is 0 Å². The van der Waals surface area contributed by atoms with Gasteiger partial charge in [-0.3, -0.25) is 10.1 Å². The first-order chi connectivity index (χ1) is 14.0. The Bertz CT molecular complexity index is 1040. The van der Waals surface area contributed by atoms with Crippen LogP contribution < -0.4 is 5.32 Å². The molecule has 0 spiro atoms. The Kier molecular flexibility index (Phi) is 5.69. The molecule has 1 heterocycles. The molecular formula is C22H24N2O3S2. The first-order valence-electron chi connectivity index (χ1n) is 9.93. The summed E-state index contributed by atoms with van der Waals surface area (Å²) in [5.41, 5.74) is 2.02. The van der Waals surface area contributed by atoms with Gasteiger partial charge in [-0.15, -0.1) is 11.3 Å². The van der Waals surface area contributed by atoms with Crippen LogP contribution in [0.1, 0.15) is 49.8 Å². The number of sulfone groups is 1. The van der Waals surface area contributed by atoms with Gasteiger partial charge < -0.3 is 0 Å². The van der Waals surface area contributed by atoms with Gasteiger partial charge in [-0.25, -0.2) is 13.4 Å². The number of benzene rings is 1. The molecule has 0 unspecified atom stereocenters. The van der Waals surface area contributed by atoms with E-state index in [-0.39, 0.29) is 11.2 Å². The molecule has 0 aliphatic heterocycles. The second-order valence-electron chi connectivity index (χ2n) is 7.63. The van der Waals surface area contributed by atoms with Gasteiger partial charge in [0.15, 0.2) is 15.0 Å². The molecule has 0 radical (unpaired) electrons. The number of thiazole rings is 1. The first kappa shape index (κ1) is 20.0. The van der Waals surface area contributed by atoms with Gasteiger partial charge in [0, 0.05) is 11.0 Å². The molecule has 1 N–H and O–H groups in total. The van der Waals surface area contributed by atoms with Crippen LogP contribution in [0.4, 0.5) is 5.13 Å². The molecule has 2 saturated carbocycles. The van der Waals surface area contributed by atoms with Gasteiger partial charge >= 0.3 is 0 Å². The zero-order valence-corrected chi connectivity index (χ0v) is 17.8. The Labute approximate surface area is 175 Å². The number of anilines is 1. The number of rotatable bonds is 7. The standard InChI is InChI=1S/C22H24N2O3S2/c1-2-17-14-28-22(23-17)24-21(25)20(13-15-5-3-4-6-15)16-7-9-18(10-8-16)29(26,27)19-11-12-19/h2,7-10,13-15,19H,1,3-6,11-12H2,(H,23,24,25)/b20-13+.